The van der Waals surface area contributed by atoms with Gasteiger partial charge in [0, 0.05) is 28.1 Å². The maximum atomic E-state index is 5.88. The first-order valence-electron chi connectivity index (χ1n) is 6.64. The van der Waals surface area contributed by atoms with Crippen LogP contribution in [-0.4, -0.2) is 15.7 Å². The third kappa shape index (κ3) is 2.89. The topological polar surface area (TPSA) is 51.8 Å². The number of hydrogen-bond acceptors (Lipinski definition) is 4. The predicted octanol–water partition coefficient (Wildman–Crippen LogP) is 3.72. The summed E-state index contributed by atoms with van der Waals surface area (Å²) in [5, 5.41) is 0. The molecular weight excluding hydrogens is 254 g/mol. The number of nitrogens with zero attached hydrogens (tertiary/aromatic N) is 2. The van der Waals surface area contributed by atoms with E-state index in [1.54, 1.807) is 0 Å². The molecule has 0 unspecified atom stereocenters. The van der Waals surface area contributed by atoms with Crippen LogP contribution in [0.5, 0.6) is 0 Å². The van der Waals surface area contributed by atoms with E-state index in [2.05, 4.69) is 41.2 Å². The second kappa shape index (κ2) is 5.21. The van der Waals surface area contributed by atoms with Crippen molar-refractivity contribution in [3.8, 4) is 11.4 Å². The molecule has 3 rings (SSSR count). The summed E-state index contributed by atoms with van der Waals surface area (Å²) in [7, 11) is 0. The van der Waals surface area contributed by atoms with Crippen LogP contribution in [0.2, 0.25) is 0 Å². The molecule has 1 saturated carbocycles. The van der Waals surface area contributed by atoms with Crippen LogP contribution in [0.4, 0.5) is 5.82 Å². The maximum Gasteiger partial charge on any atom is 0.161 e. The van der Waals surface area contributed by atoms with Gasteiger partial charge in [0.1, 0.15) is 5.82 Å². The third-order valence-electron chi connectivity index (χ3n) is 3.18. The molecule has 1 heterocycles. The van der Waals surface area contributed by atoms with Gasteiger partial charge in [0.2, 0.25) is 0 Å². The molecule has 1 aromatic heterocycles. The summed E-state index contributed by atoms with van der Waals surface area (Å²) >= 11 is 1.83. The molecule has 0 radical (unpaired) electrons. The molecule has 4 heteroatoms. The highest BCUT2D eigenvalue weighted by molar-refractivity contribution is 7.99. The van der Waals surface area contributed by atoms with E-state index in [-0.39, 0.29) is 0 Å². The lowest BCUT2D eigenvalue weighted by Crippen LogP contribution is -1.99. The molecule has 3 nitrogen and oxygen atoms in total. The summed E-state index contributed by atoms with van der Waals surface area (Å²) in [5.41, 5.74) is 8.01. The monoisotopic (exact) mass is 271 g/mol. The van der Waals surface area contributed by atoms with E-state index in [1.807, 2.05) is 17.8 Å². The summed E-state index contributed by atoms with van der Waals surface area (Å²) < 4.78 is 0. The highest BCUT2D eigenvalue weighted by Crippen LogP contribution is 2.39. The van der Waals surface area contributed by atoms with Crippen molar-refractivity contribution < 1.29 is 0 Å². The SMILES string of the molecule is CCSc1ccc(-c2nc(N)cc(C3CC3)n2)cc1. The summed E-state index contributed by atoms with van der Waals surface area (Å²) in [4.78, 5) is 10.3. The number of rotatable bonds is 4. The number of anilines is 1. The minimum absolute atomic E-state index is 0.568. The fraction of sp³-hybridized carbons (Fsp3) is 0.333. The average Bonchev–Trinajstić information content (AvgIpc) is 3.23. The molecule has 2 aromatic rings. The van der Waals surface area contributed by atoms with E-state index in [1.165, 1.54) is 17.7 Å². The third-order valence-corrected chi connectivity index (χ3v) is 4.08. The average molecular weight is 271 g/mol. The van der Waals surface area contributed by atoms with Crippen molar-refractivity contribution in [1.29, 1.82) is 0 Å². The van der Waals surface area contributed by atoms with Crippen LogP contribution >= 0.6 is 11.8 Å². The zero-order valence-corrected chi connectivity index (χ0v) is 11.8. The Bertz CT molecular complexity index is 576. The zero-order chi connectivity index (χ0) is 13.2. The molecule has 1 fully saturated rings. The van der Waals surface area contributed by atoms with Crippen molar-refractivity contribution in [2.75, 3.05) is 11.5 Å². The molecule has 98 valence electrons. The molecule has 0 amide bonds. The van der Waals surface area contributed by atoms with E-state index in [0.29, 0.717) is 11.7 Å². The molecule has 0 spiro atoms. The fourth-order valence-electron chi connectivity index (χ4n) is 2.07. The molecule has 2 N–H and O–H groups in total. The summed E-state index contributed by atoms with van der Waals surface area (Å²) in [5.74, 6) is 2.99. The van der Waals surface area contributed by atoms with E-state index < -0.39 is 0 Å². The van der Waals surface area contributed by atoms with Crippen LogP contribution < -0.4 is 5.73 Å². The minimum Gasteiger partial charge on any atom is -0.384 e. The smallest absolute Gasteiger partial charge is 0.161 e. The molecule has 0 atom stereocenters. The Morgan fingerprint density at radius 1 is 1.21 bits per heavy atom. The Morgan fingerprint density at radius 2 is 1.95 bits per heavy atom. The molecule has 0 aliphatic heterocycles. The standard InChI is InChI=1S/C15H17N3S/c1-2-19-12-7-5-11(6-8-12)15-17-13(10-3-4-10)9-14(16)18-15/h5-10H,2-4H2,1H3,(H2,16,17,18). The summed E-state index contributed by atoms with van der Waals surface area (Å²) in [6.07, 6.45) is 2.45. The number of nitrogen functional groups attached to an aromatic ring is 1. The second-order valence-corrected chi connectivity index (χ2v) is 6.11. The molecule has 1 aliphatic carbocycles. The van der Waals surface area contributed by atoms with Crippen molar-refractivity contribution in [2.45, 2.75) is 30.6 Å². The predicted molar refractivity (Wildman–Crippen MR) is 80.3 cm³/mol. The van der Waals surface area contributed by atoms with Crippen molar-refractivity contribution in [3.05, 3.63) is 36.0 Å². The fourth-order valence-corrected chi connectivity index (χ4v) is 2.73. The van der Waals surface area contributed by atoms with Crippen molar-refractivity contribution in [3.63, 3.8) is 0 Å². The molecule has 0 bridgehead atoms. The molecule has 1 aromatic carbocycles. The number of hydrogen-bond donors (Lipinski definition) is 1. The quantitative estimate of drug-likeness (QED) is 0.861. The van der Waals surface area contributed by atoms with Gasteiger partial charge < -0.3 is 5.73 Å². The lowest BCUT2D eigenvalue weighted by molar-refractivity contribution is 0.998. The minimum atomic E-state index is 0.568. The van der Waals surface area contributed by atoms with Gasteiger partial charge in [-0.15, -0.1) is 11.8 Å². The van der Waals surface area contributed by atoms with Gasteiger partial charge in [-0.05, 0) is 30.7 Å². The number of aromatic nitrogens is 2. The Labute approximate surface area is 117 Å². The second-order valence-electron chi connectivity index (χ2n) is 4.77. The van der Waals surface area contributed by atoms with E-state index in [9.17, 15) is 0 Å². The largest absolute Gasteiger partial charge is 0.384 e. The van der Waals surface area contributed by atoms with Crippen LogP contribution in [0.1, 0.15) is 31.4 Å². The zero-order valence-electron chi connectivity index (χ0n) is 11.0. The van der Waals surface area contributed by atoms with E-state index in [4.69, 9.17) is 5.73 Å². The highest BCUT2D eigenvalue weighted by atomic mass is 32.2. The van der Waals surface area contributed by atoms with Crippen molar-refractivity contribution >= 4 is 17.6 Å². The molecule has 19 heavy (non-hydrogen) atoms. The van der Waals surface area contributed by atoms with Crippen molar-refractivity contribution in [2.24, 2.45) is 0 Å². The van der Waals surface area contributed by atoms with Gasteiger partial charge in [-0.1, -0.05) is 19.1 Å². The first-order chi connectivity index (χ1) is 9.26. The van der Waals surface area contributed by atoms with Gasteiger partial charge in [0.05, 0.1) is 0 Å². The first kappa shape index (κ1) is 12.5. The lowest BCUT2D eigenvalue weighted by Gasteiger charge is -2.06. The first-order valence-corrected chi connectivity index (χ1v) is 7.62. The van der Waals surface area contributed by atoms with Crippen LogP contribution in [0.15, 0.2) is 35.2 Å². The van der Waals surface area contributed by atoms with E-state index >= 15 is 0 Å². The number of nitrogens with two attached hydrogens (primary N) is 1. The van der Waals surface area contributed by atoms with Crippen LogP contribution in [0, 0.1) is 0 Å². The Kier molecular flexibility index (Phi) is 3.42. The Hall–Kier alpha value is -1.55. The van der Waals surface area contributed by atoms with Crippen LogP contribution in [-0.2, 0) is 0 Å². The highest BCUT2D eigenvalue weighted by Gasteiger charge is 2.26. The van der Waals surface area contributed by atoms with Gasteiger partial charge in [0.15, 0.2) is 5.82 Å². The summed E-state index contributed by atoms with van der Waals surface area (Å²) in [6, 6.07) is 10.3. The van der Waals surface area contributed by atoms with Crippen molar-refractivity contribution in [1.82, 2.24) is 9.97 Å². The lowest BCUT2D eigenvalue weighted by atomic mass is 10.2. The van der Waals surface area contributed by atoms with Gasteiger partial charge in [-0.2, -0.15) is 0 Å². The normalized spacial score (nSPS) is 14.6. The van der Waals surface area contributed by atoms with E-state index in [0.717, 1.165) is 22.8 Å². The number of benzene rings is 1. The van der Waals surface area contributed by atoms with Gasteiger partial charge in [-0.3, -0.25) is 0 Å². The Balaban J connectivity index is 1.92. The van der Waals surface area contributed by atoms with Gasteiger partial charge in [-0.25, -0.2) is 9.97 Å². The summed E-state index contributed by atoms with van der Waals surface area (Å²) in [6.45, 7) is 2.15. The van der Waals surface area contributed by atoms with Gasteiger partial charge >= 0.3 is 0 Å². The number of thioether (sulfide) groups is 1. The molecular formula is C15H17N3S. The van der Waals surface area contributed by atoms with Crippen LogP contribution in [0.25, 0.3) is 11.4 Å². The Morgan fingerprint density at radius 3 is 2.58 bits per heavy atom. The van der Waals surface area contributed by atoms with Crippen LogP contribution in [0.3, 0.4) is 0 Å². The molecule has 0 saturated heterocycles. The van der Waals surface area contributed by atoms with Gasteiger partial charge in [0.25, 0.3) is 0 Å². The maximum absolute atomic E-state index is 5.88. The molecule has 1 aliphatic rings.